The molecule has 0 aliphatic carbocycles. The Kier molecular flexibility index (Phi) is 5.65. The van der Waals surface area contributed by atoms with Gasteiger partial charge in [-0.1, -0.05) is 18.2 Å². The van der Waals surface area contributed by atoms with Gasteiger partial charge < -0.3 is 9.84 Å². The zero-order valence-electron chi connectivity index (χ0n) is 9.86. The monoisotopic (exact) mass is 220 g/mol. The van der Waals surface area contributed by atoms with Gasteiger partial charge in [0, 0.05) is 0 Å². The second-order valence-corrected chi connectivity index (χ2v) is 3.98. The van der Waals surface area contributed by atoms with Crippen molar-refractivity contribution in [2.24, 2.45) is 0 Å². The first kappa shape index (κ1) is 12.8. The maximum Gasteiger partial charge on any atom is 0.119 e. The molecule has 1 N–H and O–H groups in total. The molecule has 0 bridgehead atoms. The molecule has 2 nitrogen and oxygen atoms in total. The molecule has 0 fully saturated rings. The summed E-state index contributed by atoms with van der Waals surface area (Å²) in [5, 5.41) is 9.23. The minimum Gasteiger partial charge on any atom is -0.494 e. The predicted octanol–water partition coefficient (Wildman–Crippen LogP) is 2.95. The number of allylic oxidation sites excluding steroid dienone is 1. The van der Waals surface area contributed by atoms with Crippen molar-refractivity contribution in [1.29, 1.82) is 0 Å². The van der Waals surface area contributed by atoms with Gasteiger partial charge in [0.2, 0.25) is 0 Å². The lowest BCUT2D eigenvalue weighted by Crippen LogP contribution is -2.04. The van der Waals surface area contributed by atoms with E-state index in [0.717, 1.165) is 30.8 Å². The summed E-state index contributed by atoms with van der Waals surface area (Å²) in [6.07, 6.45) is 4.28. The lowest BCUT2D eigenvalue weighted by atomic mass is 10.1. The van der Waals surface area contributed by atoms with Crippen molar-refractivity contribution in [3.05, 3.63) is 42.5 Å². The van der Waals surface area contributed by atoms with E-state index in [0.29, 0.717) is 6.42 Å². The van der Waals surface area contributed by atoms with Crippen molar-refractivity contribution in [2.45, 2.75) is 32.3 Å². The molecular weight excluding hydrogens is 200 g/mol. The van der Waals surface area contributed by atoms with Crippen LogP contribution in [-0.2, 0) is 6.42 Å². The summed E-state index contributed by atoms with van der Waals surface area (Å²) in [5.74, 6) is 0.887. The molecule has 1 atom stereocenters. The first-order chi connectivity index (χ1) is 7.72. The van der Waals surface area contributed by atoms with Crippen molar-refractivity contribution in [1.82, 2.24) is 0 Å². The van der Waals surface area contributed by atoms with Crippen LogP contribution in [0.15, 0.2) is 36.9 Å². The third-order valence-corrected chi connectivity index (χ3v) is 2.28. The van der Waals surface area contributed by atoms with Crippen LogP contribution in [0.3, 0.4) is 0 Å². The van der Waals surface area contributed by atoms with Crippen LogP contribution in [0.25, 0.3) is 0 Å². The topological polar surface area (TPSA) is 29.5 Å². The Balaban J connectivity index is 2.36. The number of aliphatic hydroxyl groups is 1. The van der Waals surface area contributed by atoms with Crippen molar-refractivity contribution < 1.29 is 9.84 Å². The number of benzene rings is 1. The van der Waals surface area contributed by atoms with Gasteiger partial charge in [-0.3, -0.25) is 0 Å². The molecule has 0 aromatic heterocycles. The summed E-state index contributed by atoms with van der Waals surface area (Å²) in [6, 6.07) is 7.89. The maximum absolute atomic E-state index is 9.23. The largest absolute Gasteiger partial charge is 0.494 e. The smallest absolute Gasteiger partial charge is 0.119 e. The van der Waals surface area contributed by atoms with E-state index in [9.17, 15) is 5.11 Å². The first-order valence-corrected chi connectivity index (χ1v) is 5.73. The molecule has 16 heavy (non-hydrogen) atoms. The number of ether oxygens (including phenoxy) is 1. The number of rotatable bonds is 7. The van der Waals surface area contributed by atoms with E-state index in [2.05, 4.69) is 6.58 Å². The summed E-state index contributed by atoms with van der Waals surface area (Å²) >= 11 is 0. The van der Waals surface area contributed by atoms with E-state index < -0.39 is 0 Å². The molecule has 88 valence electrons. The van der Waals surface area contributed by atoms with Gasteiger partial charge in [-0.15, -0.1) is 6.58 Å². The number of unbranched alkanes of at least 4 members (excludes halogenated alkanes) is 1. The Morgan fingerprint density at radius 2 is 2.06 bits per heavy atom. The highest BCUT2D eigenvalue weighted by atomic mass is 16.5. The SMILES string of the molecule is C=CCCCOc1ccc(CC(C)O)cc1. The predicted molar refractivity (Wildman–Crippen MR) is 66.8 cm³/mol. The molecule has 1 rings (SSSR count). The number of hydrogen-bond acceptors (Lipinski definition) is 2. The van der Waals surface area contributed by atoms with Gasteiger partial charge >= 0.3 is 0 Å². The fraction of sp³-hybridized carbons (Fsp3) is 0.429. The third-order valence-electron chi connectivity index (χ3n) is 2.28. The van der Waals surface area contributed by atoms with E-state index in [4.69, 9.17) is 4.74 Å². The summed E-state index contributed by atoms with van der Waals surface area (Å²) in [7, 11) is 0. The Hall–Kier alpha value is -1.28. The van der Waals surface area contributed by atoms with Crippen LogP contribution in [0.4, 0.5) is 0 Å². The molecule has 0 saturated heterocycles. The van der Waals surface area contributed by atoms with E-state index in [-0.39, 0.29) is 6.10 Å². The molecule has 0 saturated carbocycles. The van der Waals surface area contributed by atoms with Gasteiger partial charge in [0.05, 0.1) is 12.7 Å². The zero-order valence-corrected chi connectivity index (χ0v) is 9.86. The molecular formula is C14H20O2. The highest BCUT2D eigenvalue weighted by Crippen LogP contribution is 2.13. The highest BCUT2D eigenvalue weighted by molar-refractivity contribution is 5.27. The van der Waals surface area contributed by atoms with Crippen LogP contribution in [0.5, 0.6) is 5.75 Å². The Bertz CT molecular complexity index is 301. The van der Waals surface area contributed by atoms with Crippen LogP contribution < -0.4 is 4.74 Å². The van der Waals surface area contributed by atoms with E-state index >= 15 is 0 Å². The van der Waals surface area contributed by atoms with E-state index in [1.165, 1.54) is 0 Å². The normalized spacial score (nSPS) is 12.1. The quantitative estimate of drug-likeness (QED) is 0.565. The summed E-state index contributed by atoms with van der Waals surface area (Å²) in [4.78, 5) is 0. The molecule has 0 aliphatic heterocycles. The highest BCUT2D eigenvalue weighted by Gasteiger charge is 1.99. The van der Waals surface area contributed by atoms with Gasteiger partial charge in [-0.25, -0.2) is 0 Å². The Labute approximate surface area is 97.6 Å². The van der Waals surface area contributed by atoms with Gasteiger partial charge in [0.25, 0.3) is 0 Å². The van der Waals surface area contributed by atoms with Crippen LogP contribution in [0, 0.1) is 0 Å². The Morgan fingerprint density at radius 3 is 2.62 bits per heavy atom. The second-order valence-electron chi connectivity index (χ2n) is 3.98. The fourth-order valence-corrected chi connectivity index (χ4v) is 1.48. The Morgan fingerprint density at radius 1 is 1.38 bits per heavy atom. The van der Waals surface area contributed by atoms with Gasteiger partial charge in [-0.2, -0.15) is 0 Å². The van der Waals surface area contributed by atoms with Crippen LogP contribution in [0.2, 0.25) is 0 Å². The summed E-state index contributed by atoms with van der Waals surface area (Å²) < 4.78 is 5.56. The molecule has 1 aromatic carbocycles. The van der Waals surface area contributed by atoms with Crippen molar-refractivity contribution >= 4 is 0 Å². The summed E-state index contributed by atoms with van der Waals surface area (Å²) in [5.41, 5.74) is 1.13. The first-order valence-electron chi connectivity index (χ1n) is 5.73. The van der Waals surface area contributed by atoms with Crippen LogP contribution in [-0.4, -0.2) is 17.8 Å². The fourth-order valence-electron chi connectivity index (χ4n) is 1.48. The number of aliphatic hydroxyl groups excluding tert-OH is 1. The van der Waals surface area contributed by atoms with Crippen LogP contribution >= 0.6 is 0 Å². The average molecular weight is 220 g/mol. The standard InChI is InChI=1S/C14H20O2/c1-3-4-5-10-16-14-8-6-13(7-9-14)11-12(2)15/h3,6-9,12,15H,1,4-5,10-11H2,2H3. The van der Waals surface area contributed by atoms with Crippen LogP contribution in [0.1, 0.15) is 25.3 Å². The molecule has 1 aromatic rings. The summed E-state index contributed by atoms with van der Waals surface area (Å²) in [6.45, 7) is 6.18. The molecule has 2 heteroatoms. The number of hydrogen-bond donors (Lipinski definition) is 1. The lowest BCUT2D eigenvalue weighted by Gasteiger charge is -2.07. The molecule has 0 radical (unpaired) electrons. The maximum atomic E-state index is 9.23. The van der Waals surface area contributed by atoms with Gasteiger partial charge in [0.15, 0.2) is 0 Å². The van der Waals surface area contributed by atoms with Gasteiger partial charge in [0.1, 0.15) is 5.75 Å². The second kappa shape index (κ2) is 7.07. The van der Waals surface area contributed by atoms with E-state index in [1.807, 2.05) is 30.3 Å². The molecule has 0 spiro atoms. The van der Waals surface area contributed by atoms with Crippen molar-refractivity contribution in [2.75, 3.05) is 6.61 Å². The van der Waals surface area contributed by atoms with Crippen molar-refractivity contribution in [3.63, 3.8) is 0 Å². The van der Waals surface area contributed by atoms with E-state index in [1.54, 1.807) is 6.92 Å². The molecule has 0 heterocycles. The third kappa shape index (κ3) is 4.99. The molecule has 0 aliphatic rings. The minimum absolute atomic E-state index is 0.292. The molecule has 0 amide bonds. The zero-order chi connectivity index (χ0) is 11.8. The minimum atomic E-state index is -0.292. The molecule has 1 unspecified atom stereocenters. The van der Waals surface area contributed by atoms with Crippen molar-refractivity contribution in [3.8, 4) is 5.75 Å². The lowest BCUT2D eigenvalue weighted by molar-refractivity contribution is 0.195. The van der Waals surface area contributed by atoms with Gasteiger partial charge in [-0.05, 0) is 43.9 Å². The average Bonchev–Trinajstić information content (AvgIpc) is 2.26.